The molecule has 0 heterocycles. The number of halogens is 1. The summed E-state index contributed by atoms with van der Waals surface area (Å²) in [5, 5.41) is 0.238. The second-order valence-corrected chi connectivity index (χ2v) is 5.96. The van der Waals surface area contributed by atoms with Crippen molar-refractivity contribution in [3.8, 4) is 5.75 Å². The second-order valence-electron chi connectivity index (χ2n) is 5.34. The van der Waals surface area contributed by atoms with Gasteiger partial charge in [0.25, 0.3) is 0 Å². The molecule has 0 saturated heterocycles. The Labute approximate surface area is 115 Å². The van der Waals surface area contributed by atoms with E-state index in [4.69, 9.17) is 16.3 Å². The molecule has 2 rings (SSSR count). The van der Waals surface area contributed by atoms with E-state index in [1.807, 2.05) is 12.1 Å². The van der Waals surface area contributed by atoms with Crippen LogP contribution in [0.15, 0.2) is 24.3 Å². The van der Waals surface area contributed by atoms with Crippen molar-refractivity contribution in [2.24, 2.45) is 5.92 Å². The highest BCUT2D eigenvalue weighted by molar-refractivity contribution is 6.20. The van der Waals surface area contributed by atoms with Crippen molar-refractivity contribution >= 4 is 11.6 Å². The van der Waals surface area contributed by atoms with E-state index >= 15 is 0 Å². The third-order valence-corrected chi connectivity index (χ3v) is 4.37. The quantitative estimate of drug-likeness (QED) is 0.671. The maximum atomic E-state index is 6.47. The van der Waals surface area contributed by atoms with Crippen molar-refractivity contribution in [1.82, 2.24) is 0 Å². The van der Waals surface area contributed by atoms with E-state index in [1.165, 1.54) is 37.7 Å². The first kappa shape index (κ1) is 13.7. The number of alkyl halides is 1. The summed E-state index contributed by atoms with van der Waals surface area (Å²) >= 11 is 6.47. The van der Waals surface area contributed by atoms with Crippen LogP contribution in [0.25, 0.3) is 0 Å². The van der Waals surface area contributed by atoms with Crippen LogP contribution in [-0.4, -0.2) is 12.5 Å². The Balaban J connectivity index is 1.80. The molecule has 1 saturated carbocycles. The number of para-hydroxylation sites is 1. The Kier molecular flexibility index (Phi) is 5.37. The largest absolute Gasteiger partial charge is 0.496 e. The van der Waals surface area contributed by atoms with E-state index in [0.29, 0.717) is 0 Å². The average Bonchev–Trinajstić information content (AvgIpc) is 2.90. The molecule has 0 aliphatic heterocycles. The number of ether oxygens (including phenoxy) is 1. The van der Waals surface area contributed by atoms with Crippen molar-refractivity contribution < 1.29 is 4.74 Å². The van der Waals surface area contributed by atoms with Crippen LogP contribution in [0.5, 0.6) is 5.75 Å². The van der Waals surface area contributed by atoms with Crippen LogP contribution in [0.3, 0.4) is 0 Å². The highest BCUT2D eigenvalue weighted by Gasteiger charge is 2.17. The summed E-state index contributed by atoms with van der Waals surface area (Å²) in [4.78, 5) is 0. The molecule has 1 atom stereocenters. The summed E-state index contributed by atoms with van der Waals surface area (Å²) in [7, 11) is 1.72. The van der Waals surface area contributed by atoms with Gasteiger partial charge in [0.2, 0.25) is 0 Å². The molecule has 0 aromatic heterocycles. The van der Waals surface area contributed by atoms with Gasteiger partial charge in [0.1, 0.15) is 5.75 Å². The first-order chi connectivity index (χ1) is 8.79. The van der Waals surface area contributed by atoms with Crippen LogP contribution in [0.2, 0.25) is 0 Å². The molecule has 0 radical (unpaired) electrons. The minimum absolute atomic E-state index is 0.238. The molecule has 18 heavy (non-hydrogen) atoms. The van der Waals surface area contributed by atoms with Crippen molar-refractivity contribution in [3.63, 3.8) is 0 Å². The fourth-order valence-electron chi connectivity index (χ4n) is 2.93. The standard InChI is InChI=1S/C16H23ClO/c1-18-16-9-5-4-8-14(16)12-15(17)11-10-13-6-2-3-7-13/h4-5,8-9,13,15H,2-3,6-7,10-12H2,1H3. The van der Waals surface area contributed by atoms with Gasteiger partial charge in [-0.1, -0.05) is 43.9 Å². The molecule has 0 N–H and O–H groups in total. The van der Waals surface area contributed by atoms with Crippen LogP contribution in [0.4, 0.5) is 0 Å². The summed E-state index contributed by atoms with van der Waals surface area (Å²) in [5.74, 6) is 1.90. The molecule has 1 aliphatic carbocycles. The maximum absolute atomic E-state index is 6.47. The number of hydrogen-bond donors (Lipinski definition) is 0. The zero-order valence-electron chi connectivity index (χ0n) is 11.2. The van der Waals surface area contributed by atoms with E-state index < -0.39 is 0 Å². The molecule has 0 amide bonds. The molecule has 1 nitrogen and oxygen atoms in total. The van der Waals surface area contributed by atoms with E-state index in [-0.39, 0.29) is 5.38 Å². The fourth-order valence-corrected chi connectivity index (χ4v) is 3.22. The SMILES string of the molecule is COc1ccccc1CC(Cl)CCC1CCCC1. The van der Waals surface area contributed by atoms with E-state index in [9.17, 15) is 0 Å². The maximum Gasteiger partial charge on any atom is 0.122 e. The highest BCUT2D eigenvalue weighted by Crippen LogP contribution is 2.30. The molecule has 0 bridgehead atoms. The third-order valence-electron chi connectivity index (χ3n) is 4.00. The van der Waals surface area contributed by atoms with E-state index in [1.54, 1.807) is 7.11 Å². The predicted molar refractivity (Wildman–Crippen MR) is 77.5 cm³/mol. The minimum atomic E-state index is 0.238. The number of benzene rings is 1. The number of methoxy groups -OCH3 is 1. The Bertz CT molecular complexity index is 358. The van der Waals surface area contributed by atoms with Gasteiger partial charge < -0.3 is 4.74 Å². The summed E-state index contributed by atoms with van der Waals surface area (Å²) in [6, 6.07) is 8.18. The van der Waals surface area contributed by atoms with Gasteiger partial charge in [-0.15, -0.1) is 11.6 Å². The molecule has 100 valence electrons. The number of rotatable bonds is 6. The van der Waals surface area contributed by atoms with Gasteiger partial charge in [-0.05, 0) is 36.8 Å². The van der Waals surface area contributed by atoms with Gasteiger partial charge in [-0.25, -0.2) is 0 Å². The van der Waals surface area contributed by atoms with Gasteiger partial charge in [0.05, 0.1) is 7.11 Å². The smallest absolute Gasteiger partial charge is 0.122 e. The average molecular weight is 267 g/mol. The second kappa shape index (κ2) is 7.04. The van der Waals surface area contributed by atoms with Gasteiger partial charge in [-0.3, -0.25) is 0 Å². The Morgan fingerprint density at radius 2 is 2.00 bits per heavy atom. The lowest BCUT2D eigenvalue weighted by Crippen LogP contribution is -2.07. The first-order valence-electron chi connectivity index (χ1n) is 7.05. The Hall–Kier alpha value is -0.690. The van der Waals surface area contributed by atoms with E-state index in [0.717, 1.165) is 24.5 Å². The molecule has 1 unspecified atom stereocenters. The van der Waals surface area contributed by atoms with Crippen molar-refractivity contribution in [1.29, 1.82) is 0 Å². The minimum Gasteiger partial charge on any atom is -0.496 e. The topological polar surface area (TPSA) is 9.23 Å². The molecule has 0 spiro atoms. The van der Waals surface area contributed by atoms with Gasteiger partial charge in [0.15, 0.2) is 0 Å². The van der Waals surface area contributed by atoms with Crippen LogP contribution < -0.4 is 4.74 Å². The van der Waals surface area contributed by atoms with Crippen LogP contribution in [-0.2, 0) is 6.42 Å². The van der Waals surface area contributed by atoms with Gasteiger partial charge in [-0.2, -0.15) is 0 Å². The lowest BCUT2D eigenvalue weighted by Gasteiger charge is -2.14. The first-order valence-corrected chi connectivity index (χ1v) is 7.49. The van der Waals surface area contributed by atoms with Crippen LogP contribution >= 0.6 is 11.6 Å². The summed E-state index contributed by atoms with van der Waals surface area (Å²) < 4.78 is 5.37. The monoisotopic (exact) mass is 266 g/mol. The zero-order valence-corrected chi connectivity index (χ0v) is 12.0. The highest BCUT2D eigenvalue weighted by atomic mass is 35.5. The molecule has 2 heteroatoms. The number of hydrogen-bond acceptors (Lipinski definition) is 1. The third kappa shape index (κ3) is 3.91. The summed E-state index contributed by atoms with van der Waals surface area (Å²) in [6.07, 6.45) is 9.01. The van der Waals surface area contributed by atoms with Crippen LogP contribution in [0.1, 0.15) is 44.1 Å². The van der Waals surface area contributed by atoms with E-state index in [2.05, 4.69) is 12.1 Å². The lowest BCUT2D eigenvalue weighted by molar-refractivity contribution is 0.408. The van der Waals surface area contributed by atoms with Gasteiger partial charge in [0, 0.05) is 5.38 Å². The molecular weight excluding hydrogens is 244 g/mol. The lowest BCUT2D eigenvalue weighted by atomic mass is 9.98. The summed E-state index contributed by atoms with van der Waals surface area (Å²) in [5.41, 5.74) is 1.23. The van der Waals surface area contributed by atoms with Crippen LogP contribution in [0, 0.1) is 5.92 Å². The summed E-state index contributed by atoms with van der Waals surface area (Å²) in [6.45, 7) is 0. The Morgan fingerprint density at radius 1 is 1.28 bits per heavy atom. The van der Waals surface area contributed by atoms with Crippen molar-refractivity contribution in [2.45, 2.75) is 50.3 Å². The normalized spacial score (nSPS) is 17.9. The zero-order chi connectivity index (χ0) is 12.8. The van der Waals surface area contributed by atoms with Gasteiger partial charge >= 0.3 is 0 Å². The Morgan fingerprint density at radius 3 is 2.72 bits per heavy atom. The molecule has 1 aliphatic rings. The molecular formula is C16H23ClO. The fraction of sp³-hybridized carbons (Fsp3) is 0.625. The molecule has 1 aromatic rings. The van der Waals surface area contributed by atoms with Crippen molar-refractivity contribution in [2.75, 3.05) is 7.11 Å². The van der Waals surface area contributed by atoms with Crippen molar-refractivity contribution in [3.05, 3.63) is 29.8 Å². The molecule has 1 fully saturated rings. The molecule has 1 aromatic carbocycles. The predicted octanol–water partition coefficient (Wildman–Crippen LogP) is 4.82.